The minimum atomic E-state index is -0.519. The van der Waals surface area contributed by atoms with E-state index in [4.69, 9.17) is 9.47 Å². The molecule has 0 bridgehead atoms. The summed E-state index contributed by atoms with van der Waals surface area (Å²) in [6, 6.07) is 13.3. The van der Waals surface area contributed by atoms with E-state index in [1.807, 2.05) is 19.9 Å². The van der Waals surface area contributed by atoms with E-state index in [9.17, 15) is 9.59 Å². The monoisotopic (exact) mass is 328 g/mol. The lowest BCUT2D eigenvalue weighted by Gasteiger charge is -2.15. The summed E-state index contributed by atoms with van der Waals surface area (Å²) in [7, 11) is 1.29. The number of carbonyl (C=O) groups is 2. The Balaban J connectivity index is 2.14. The summed E-state index contributed by atoms with van der Waals surface area (Å²) in [6.45, 7) is 3.81. The normalized spacial score (nSPS) is 10.2. The van der Waals surface area contributed by atoms with Crippen LogP contribution in [0.15, 0.2) is 48.5 Å². The van der Waals surface area contributed by atoms with Gasteiger partial charge in [-0.2, -0.15) is 0 Å². The van der Waals surface area contributed by atoms with Gasteiger partial charge in [0.1, 0.15) is 5.75 Å². The molecular formula is C18H20N2O4. The molecule has 2 aromatic rings. The lowest BCUT2D eigenvalue weighted by atomic mass is 10.2. The van der Waals surface area contributed by atoms with Crippen LogP contribution >= 0.6 is 0 Å². The maximum atomic E-state index is 12.3. The summed E-state index contributed by atoms with van der Waals surface area (Å²) in [6.07, 6.45) is -0.0175. The number of carbonyl (C=O) groups excluding carboxylic acids is 2. The minimum Gasteiger partial charge on any atom is -0.489 e. The molecule has 6 nitrogen and oxygen atoms in total. The standard InChI is InChI=1S/C18H20N2O4/c1-12(2)24-16-11-7-6-10-15(16)20-18(22)19-14-9-5-4-8-13(14)17(21)23-3/h4-12H,1-3H3,(H2,19,20,22). The second-order valence-corrected chi connectivity index (χ2v) is 5.28. The first-order valence-electron chi connectivity index (χ1n) is 7.52. The van der Waals surface area contributed by atoms with Crippen LogP contribution in [0.25, 0.3) is 0 Å². The van der Waals surface area contributed by atoms with Gasteiger partial charge >= 0.3 is 12.0 Å². The Morgan fingerprint density at radius 2 is 1.50 bits per heavy atom. The van der Waals surface area contributed by atoms with Crippen molar-refractivity contribution in [2.75, 3.05) is 17.7 Å². The van der Waals surface area contributed by atoms with Crippen LogP contribution in [-0.2, 0) is 4.74 Å². The number of nitrogens with one attached hydrogen (secondary N) is 2. The molecule has 0 saturated heterocycles. The zero-order chi connectivity index (χ0) is 17.5. The first-order chi connectivity index (χ1) is 11.5. The van der Waals surface area contributed by atoms with E-state index in [0.29, 0.717) is 17.1 Å². The van der Waals surface area contributed by atoms with Crippen LogP contribution in [0.3, 0.4) is 0 Å². The van der Waals surface area contributed by atoms with Crippen molar-refractivity contribution in [2.45, 2.75) is 20.0 Å². The van der Waals surface area contributed by atoms with E-state index in [0.717, 1.165) is 0 Å². The molecule has 2 rings (SSSR count). The lowest BCUT2D eigenvalue weighted by Crippen LogP contribution is -2.22. The van der Waals surface area contributed by atoms with Crippen molar-refractivity contribution in [2.24, 2.45) is 0 Å². The number of rotatable bonds is 5. The van der Waals surface area contributed by atoms with Gasteiger partial charge in [0.25, 0.3) is 0 Å². The molecule has 0 aliphatic carbocycles. The molecule has 0 atom stereocenters. The number of benzene rings is 2. The van der Waals surface area contributed by atoms with E-state index in [1.54, 1.807) is 42.5 Å². The van der Waals surface area contributed by atoms with Crippen molar-refractivity contribution in [3.63, 3.8) is 0 Å². The molecule has 2 N–H and O–H groups in total. The molecule has 2 amide bonds. The van der Waals surface area contributed by atoms with Gasteiger partial charge in [0.15, 0.2) is 0 Å². The molecule has 0 aliphatic heterocycles. The van der Waals surface area contributed by atoms with E-state index in [-0.39, 0.29) is 11.7 Å². The van der Waals surface area contributed by atoms with Crippen LogP contribution < -0.4 is 15.4 Å². The van der Waals surface area contributed by atoms with Gasteiger partial charge in [-0.3, -0.25) is 0 Å². The number of hydrogen-bond donors (Lipinski definition) is 2. The molecule has 0 fully saturated rings. The second kappa shape index (κ2) is 8.01. The highest BCUT2D eigenvalue weighted by Gasteiger charge is 2.14. The van der Waals surface area contributed by atoms with Crippen molar-refractivity contribution >= 4 is 23.4 Å². The second-order valence-electron chi connectivity index (χ2n) is 5.28. The van der Waals surface area contributed by atoms with Crippen molar-refractivity contribution in [1.29, 1.82) is 0 Å². The predicted molar refractivity (Wildman–Crippen MR) is 92.6 cm³/mol. The highest BCUT2D eigenvalue weighted by Crippen LogP contribution is 2.25. The summed E-state index contributed by atoms with van der Waals surface area (Å²) >= 11 is 0. The third-order valence-corrected chi connectivity index (χ3v) is 3.08. The summed E-state index contributed by atoms with van der Waals surface area (Å²) < 4.78 is 10.4. The molecule has 24 heavy (non-hydrogen) atoms. The fraction of sp³-hybridized carbons (Fsp3) is 0.222. The van der Waals surface area contributed by atoms with Crippen molar-refractivity contribution in [3.8, 4) is 5.75 Å². The molecule has 0 radical (unpaired) electrons. The third kappa shape index (κ3) is 4.49. The molecule has 0 aromatic heterocycles. The number of esters is 1. The first-order valence-corrected chi connectivity index (χ1v) is 7.52. The van der Waals surface area contributed by atoms with Crippen molar-refractivity contribution in [3.05, 3.63) is 54.1 Å². The maximum Gasteiger partial charge on any atom is 0.339 e. The maximum absolute atomic E-state index is 12.3. The number of para-hydroxylation sites is 3. The molecule has 0 saturated carbocycles. The number of methoxy groups -OCH3 is 1. The fourth-order valence-corrected chi connectivity index (χ4v) is 2.08. The van der Waals surface area contributed by atoms with Gasteiger partial charge in [-0.1, -0.05) is 24.3 Å². The van der Waals surface area contributed by atoms with Crippen LogP contribution in [0.5, 0.6) is 5.75 Å². The summed E-state index contributed by atoms with van der Waals surface area (Å²) in [5.41, 5.74) is 1.19. The number of anilines is 2. The fourth-order valence-electron chi connectivity index (χ4n) is 2.08. The Labute approximate surface area is 140 Å². The van der Waals surface area contributed by atoms with Gasteiger partial charge in [0, 0.05) is 0 Å². The minimum absolute atomic E-state index is 0.0175. The van der Waals surface area contributed by atoms with E-state index in [1.165, 1.54) is 7.11 Å². The molecule has 6 heteroatoms. The van der Waals surface area contributed by atoms with E-state index < -0.39 is 12.0 Å². The Kier molecular flexibility index (Phi) is 5.78. The number of amides is 2. The van der Waals surface area contributed by atoms with Crippen LogP contribution in [0.2, 0.25) is 0 Å². The number of ether oxygens (including phenoxy) is 2. The van der Waals surface area contributed by atoms with Crippen molar-refractivity contribution < 1.29 is 19.1 Å². The molecule has 126 valence electrons. The summed E-state index contributed by atoms with van der Waals surface area (Å²) in [5.74, 6) is 0.0540. The number of urea groups is 1. The summed E-state index contributed by atoms with van der Waals surface area (Å²) in [4.78, 5) is 24.0. The molecule has 0 aliphatic rings. The van der Waals surface area contributed by atoms with Gasteiger partial charge < -0.3 is 20.1 Å². The highest BCUT2D eigenvalue weighted by atomic mass is 16.5. The Hall–Kier alpha value is -3.02. The van der Waals surface area contributed by atoms with Crippen LogP contribution in [0.1, 0.15) is 24.2 Å². The average Bonchev–Trinajstić information content (AvgIpc) is 2.56. The average molecular weight is 328 g/mol. The van der Waals surface area contributed by atoms with Crippen LogP contribution in [-0.4, -0.2) is 25.2 Å². The van der Waals surface area contributed by atoms with E-state index >= 15 is 0 Å². The Morgan fingerprint density at radius 1 is 0.917 bits per heavy atom. The van der Waals surface area contributed by atoms with Crippen molar-refractivity contribution in [1.82, 2.24) is 0 Å². The largest absolute Gasteiger partial charge is 0.489 e. The first kappa shape index (κ1) is 17.3. The van der Waals surface area contributed by atoms with Crippen LogP contribution in [0, 0.1) is 0 Å². The zero-order valence-corrected chi connectivity index (χ0v) is 13.8. The lowest BCUT2D eigenvalue weighted by molar-refractivity contribution is 0.0602. The quantitative estimate of drug-likeness (QED) is 0.816. The van der Waals surface area contributed by atoms with Gasteiger partial charge in [-0.15, -0.1) is 0 Å². The molecule has 2 aromatic carbocycles. The smallest absolute Gasteiger partial charge is 0.339 e. The number of hydrogen-bond acceptors (Lipinski definition) is 4. The molecule has 0 unspecified atom stereocenters. The predicted octanol–water partition coefficient (Wildman–Crippen LogP) is 3.90. The molecular weight excluding hydrogens is 308 g/mol. The third-order valence-electron chi connectivity index (χ3n) is 3.08. The van der Waals surface area contributed by atoms with Crippen LogP contribution in [0.4, 0.5) is 16.2 Å². The molecule has 0 spiro atoms. The zero-order valence-electron chi connectivity index (χ0n) is 13.8. The van der Waals surface area contributed by atoms with E-state index in [2.05, 4.69) is 10.6 Å². The topological polar surface area (TPSA) is 76.7 Å². The SMILES string of the molecule is COC(=O)c1ccccc1NC(=O)Nc1ccccc1OC(C)C. The van der Waals surface area contributed by atoms with Gasteiger partial charge in [-0.05, 0) is 38.1 Å². The van der Waals surface area contributed by atoms with Gasteiger partial charge in [0.2, 0.25) is 0 Å². The Morgan fingerprint density at radius 3 is 2.17 bits per heavy atom. The molecule has 0 heterocycles. The van der Waals surface area contributed by atoms with Gasteiger partial charge in [0.05, 0.1) is 30.2 Å². The summed E-state index contributed by atoms with van der Waals surface area (Å²) in [5, 5.41) is 5.37. The highest BCUT2D eigenvalue weighted by molar-refractivity contribution is 6.05. The van der Waals surface area contributed by atoms with Gasteiger partial charge in [-0.25, -0.2) is 9.59 Å². The Bertz CT molecular complexity index is 728.